The van der Waals surface area contributed by atoms with E-state index in [1.807, 2.05) is 12.1 Å². The molecule has 2 atom stereocenters. The molecule has 114 valence electrons. The first-order valence-corrected chi connectivity index (χ1v) is 7.79. The molecule has 0 amide bonds. The van der Waals surface area contributed by atoms with Crippen molar-refractivity contribution >= 4 is 29.3 Å². The van der Waals surface area contributed by atoms with E-state index in [0.717, 1.165) is 23.2 Å². The highest BCUT2D eigenvalue weighted by Crippen LogP contribution is 2.34. The molecule has 4 heteroatoms. The van der Waals surface area contributed by atoms with Crippen LogP contribution in [-0.4, -0.2) is 24.2 Å². The van der Waals surface area contributed by atoms with Gasteiger partial charge < -0.3 is 10.0 Å². The zero-order valence-corrected chi connectivity index (χ0v) is 13.3. The maximum atomic E-state index is 10.8. The van der Waals surface area contributed by atoms with Gasteiger partial charge in [-0.1, -0.05) is 37.4 Å². The first kappa shape index (κ1) is 15.9. The quantitative estimate of drug-likeness (QED) is 0.835. The molecule has 0 radical (unpaired) electrons. The average Bonchev–Trinajstić information content (AvgIpc) is 2.45. The van der Waals surface area contributed by atoms with Crippen LogP contribution in [0.4, 0.5) is 5.69 Å². The van der Waals surface area contributed by atoms with E-state index in [-0.39, 0.29) is 0 Å². The Kier molecular flexibility index (Phi) is 5.29. The summed E-state index contributed by atoms with van der Waals surface area (Å²) < 4.78 is 0. The third-order valence-electron chi connectivity index (χ3n) is 4.26. The summed E-state index contributed by atoms with van der Waals surface area (Å²) in [5.41, 5.74) is 1.78. The summed E-state index contributed by atoms with van der Waals surface area (Å²) in [5, 5.41) is 9.42. The molecule has 1 fully saturated rings. The van der Waals surface area contributed by atoms with Gasteiger partial charge in [0.2, 0.25) is 0 Å². The number of carboxylic acid groups (broad SMARTS) is 1. The molecular weight excluding hydrogens is 286 g/mol. The lowest BCUT2D eigenvalue weighted by atomic mass is 9.86. The maximum absolute atomic E-state index is 10.8. The number of hydrogen-bond donors (Lipinski definition) is 1. The Morgan fingerprint density at radius 3 is 2.86 bits per heavy atom. The summed E-state index contributed by atoms with van der Waals surface area (Å²) in [4.78, 5) is 13.0. The molecule has 1 aliphatic rings. The van der Waals surface area contributed by atoms with Crippen LogP contribution in [-0.2, 0) is 4.79 Å². The summed E-state index contributed by atoms with van der Waals surface area (Å²) in [5.74, 6) is -0.224. The van der Waals surface area contributed by atoms with Crippen molar-refractivity contribution in [1.29, 1.82) is 0 Å². The first-order chi connectivity index (χ1) is 9.99. The molecular formula is C17H22ClNO2. The van der Waals surface area contributed by atoms with Crippen molar-refractivity contribution in [2.24, 2.45) is 5.92 Å². The number of nitrogens with zero attached hydrogens (tertiary/aromatic N) is 1. The van der Waals surface area contributed by atoms with Gasteiger partial charge in [-0.3, -0.25) is 0 Å². The van der Waals surface area contributed by atoms with Gasteiger partial charge in [-0.2, -0.15) is 0 Å². The van der Waals surface area contributed by atoms with Gasteiger partial charge in [0.05, 0.1) is 0 Å². The van der Waals surface area contributed by atoms with Crippen LogP contribution in [0.25, 0.3) is 6.08 Å². The van der Waals surface area contributed by atoms with E-state index < -0.39 is 5.97 Å². The maximum Gasteiger partial charge on any atom is 0.328 e. The van der Waals surface area contributed by atoms with Crippen molar-refractivity contribution in [2.75, 3.05) is 11.9 Å². The van der Waals surface area contributed by atoms with Crippen LogP contribution in [0.1, 0.15) is 38.2 Å². The van der Waals surface area contributed by atoms with E-state index in [2.05, 4.69) is 18.9 Å². The summed E-state index contributed by atoms with van der Waals surface area (Å²) in [7, 11) is 2.08. The highest BCUT2D eigenvalue weighted by Gasteiger charge is 2.24. The standard InChI is InChI=1S/C17H22ClNO2/c1-12-5-3-6-13(11-12)19(2)16-8-4-7-15(18)14(16)9-10-17(20)21/h4,7-10,12-13H,3,5-6,11H2,1-2H3,(H,20,21). The number of rotatable bonds is 4. The van der Waals surface area contributed by atoms with Gasteiger partial charge in [-0.15, -0.1) is 0 Å². The van der Waals surface area contributed by atoms with Crippen LogP contribution >= 0.6 is 11.6 Å². The molecule has 1 aromatic carbocycles. The Morgan fingerprint density at radius 2 is 2.19 bits per heavy atom. The van der Waals surface area contributed by atoms with Gasteiger partial charge in [0.1, 0.15) is 0 Å². The minimum absolute atomic E-state index is 0.490. The monoisotopic (exact) mass is 307 g/mol. The molecule has 0 aliphatic heterocycles. The van der Waals surface area contributed by atoms with E-state index >= 15 is 0 Å². The van der Waals surface area contributed by atoms with E-state index in [9.17, 15) is 4.79 Å². The fourth-order valence-electron chi connectivity index (χ4n) is 3.10. The van der Waals surface area contributed by atoms with Crippen molar-refractivity contribution in [2.45, 2.75) is 38.6 Å². The lowest BCUT2D eigenvalue weighted by Crippen LogP contribution is -2.35. The van der Waals surface area contributed by atoms with Gasteiger partial charge >= 0.3 is 5.97 Å². The summed E-state index contributed by atoms with van der Waals surface area (Å²) in [6.45, 7) is 2.29. The smallest absolute Gasteiger partial charge is 0.328 e. The second kappa shape index (κ2) is 6.99. The zero-order valence-electron chi connectivity index (χ0n) is 12.6. The molecule has 1 aliphatic carbocycles. The number of anilines is 1. The van der Waals surface area contributed by atoms with Crippen LogP contribution in [0, 0.1) is 5.92 Å². The van der Waals surface area contributed by atoms with Crippen LogP contribution in [0.2, 0.25) is 5.02 Å². The largest absolute Gasteiger partial charge is 0.478 e. The highest BCUT2D eigenvalue weighted by atomic mass is 35.5. The molecule has 3 nitrogen and oxygen atoms in total. The zero-order chi connectivity index (χ0) is 15.4. The topological polar surface area (TPSA) is 40.5 Å². The van der Waals surface area contributed by atoms with Crippen LogP contribution in [0.3, 0.4) is 0 Å². The van der Waals surface area contributed by atoms with Crippen LogP contribution in [0.5, 0.6) is 0 Å². The van der Waals surface area contributed by atoms with Gasteiger partial charge in [0.15, 0.2) is 0 Å². The SMILES string of the molecule is CC1CCCC(N(C)c2cccc(Cl)c2C=CC(=O)O)C1. The van der Waals surface area contributed by atoms with Crippen molar-refractivity contribution in [3.8, 4) is 0 Å². The van der Waals surface area contributed by atoms with E-state index in [1.165, 1.54) is 25.7 Å². The lowest BCUT2D eigenvalue weighted by molar-refractivity contribution is -0.131. The predicted molar refractivity (Wildman–Crippen MR) is 87.9 cm³/mol. The molecule has 1 saturated carbocycles. The Hall–Kier alpha value is -1.48. The number of aliphatic carboxylic acids is 1. The van der Waals surface area contributed by atoms with Gasteiger partial charge in [-0.25, -0.2) is 4.79 Å². The molecule has 1 N–H and O–H groups in total. The average molecular weight is 308 g/mol. The van der Waals surface area contributed by atoms with Crippen molar-refractivity contribution in [1.82, 2.24) is 0 Å². The predicted octanol–water partition coefficient (Wildman–Crippen LogP) is 4.45. The molecule has 2 unspecified atom stereocenters. The molecule has 2 rings (SSSR count). The number of halogens is 1. The molecule has 0 spiro atoms. The fourth-order valence-corrected chi connectivity index (χ4v) is 3.34. The van der Waals surface area contributed by atoms with Crippen molar-refractivity contribution in [3.63, 3.8) is 0 Å². The molecule has 0 aromatic heterocycles. The molecule has 1 aromatic rings. The minimum Gasteiger partial charge on any atom is -0.478 e. The van der Waals surface area contributed by atoms with Crippen molar-refractivity contribution in [3.05, 3.63) is 34.9 Å². The minimum atomic E-state index is -0.963. The first-order valence-electron chi connectivity index (χ1n) is 7.41. The normalized spacial score (nSPS) is 22.4. The third kappa shape index (κ3) is 4.01. The Balaban J connectivity index is 2.29. The van der Waals surface area contributed by atoms with Crippen molar-refractivity contribution < 1.29 is 9.90 Å². The summed E-state index contributed by atoms with van der Waals surface area (Å²) in [6.07, 6.45) is 7.62. The Labute approximate surface area is 131 Å². The molecule has 21 heavy (non-hydrogen) atoms. The fraction of sp³-hybridized carbons (Fsp3) is 0.471. The number of carboxylic acids is 1. The summed E-state index contributed by atoms with van der Waals surface area (Å²) in [6, 6.07) is 6.21. The molecule has 0 saturated heterocycles. The highest BCUT2D eigenvalue weighted by molar-refractivity contribution is 6.32. The Bertz CT molecular complexity index is 542. The van der Waals surface area contributed by atoms with Gasteiger partial charge in [-0.05, 0) is 37.0 Å². The number of hydrogen-bond acceptors (Lipinski definition) is 2. The van der Waals surface area contributed by atoms with Gasteiger partial charge in [0, 0.05) is 35.4 Å². The van der Waals surface area contributed by atoms with Gasteiger partial charge in [0.25, 0.3) is 0 Å². The summed E-state index contributed by atoms with van der Waals surface area (Å²) >= 11 is 6.25. The van der Waals surface area contributed by atoms with E-state index in [4.69, 9.17) is 16.7 Å². The Morgan fingerprint density at radius 1 is 1.43 bits per heavy atom. The second-order valence-corrected chi connectivity index (χ2v) is 6.29. The third-order valence-corrected chi connectivity index (χ3v) is 4.59. The van der Waals surface area contributed by atoms with Crippen LogP contribution < -0.4 is 4.90 Å². The van der Waals surface area contributed by atoms with E-state index in [1.54, 1.807) is 12.1 Å². The number of benzene rings is 1. The lowest BCUT2D eigenvalue weighted by Gasteiger charge is -2.36. The van der Waals surface area contributed by atoms with Crippen LogP contribution in [0.15, 0.2) is 24.3 Å². The second-order valence-electron chi connectivity index (χ2n) is 5.88. The van der Waals surface area contributed by atoms with E-state index in [0.29, 0.717) is 11.1 Å². The number of carbonyl (C=O) groups is 1. The molecule has 0 bridgehead atoms. The molecule has 0 heterocycles.